The molecule has 1 atom stereocenters. The molecule has 0 bridgehead atoms. The monoisotopic (exact) mass is 836 g/mol. The van der Waals surface area contributed by atoms with Crippen LogP contribution in [-0.2, 0) is 54.6 Å². The van der Waals surface area contributed by atoms with Crippen molar-refractivity contribution in [2.45, 2.75) is 44.1 Å². The molecule has 0 aliphatic heterocycles. The Morgan fingerprint density at radius 1 is 0.649 bits per heavy atom. The predicted molar refractivity (Wildman–Crippen MR) is 218 cm³/mol. The van der Waals surface area contributed by atoms with E-state index >= 15 is 0 Å². The van der Waals surface area contributed by atoms with Crippen molar-refractivity contribution < 1.29 is 57.0 Å². The highest BCUT2D eigenvalue weighted by Gasteiger charge is 2.35. The predicted octanol–water partition coefficient (Wildman–Crippen LogP) is 1.15. The molecule has 1 unspecified atom stereocenters. The third kappa shape index (κ3) is 27.3. The fourth-order valence-electron chi connectivity index (χ4n) is 4.95. The normalized spacial score (nSPS) is 11.9. The number of ether oxygens (including phenoxy) is 6. The van der Waals surface area contributed by atoms with E-state index in [0.717, 1.165) is 0 Å². The summed E-state index contributed by atoms with van der Waals surface area (Å²) in [6.07, 6.45) is 15.5. The van der Waals surface area contributed by atoms with Gasteiger partial charge in [0, 0.05) is 51.1 Å². The lowest BCUT2D eigenvalue weighted by Gasteiger charge is -2.35. The van der Waals surface area contributed by atoms with Crippen LogP contribution in [0.4, 0.5) is 0 Å². The van der Waals surface area contributed by atoms with Crippen molar-refractivity contribution >= 4 is 41.9 Å². The van der Waals surface area contributed by atoms with Crippen molar-refractivity contribution in [1.29, 1.82) is 0 Å². The fourth-order valence-corrected chi connectivity index (χ4v) is 5.72. The second kappa shape index (κ2) is 32.0. The topological polar surface area (TPSA) is 201 Å². The molecule has 4 amide bonds. The number of benzene rings is 1. The number of hydrogen-bond acceptors (Lipinski definition) is 12. The van der Waals surface area contributed by atoms with Crippen molar-refractivity contribution in [2.75, 3.05) is 106 Å². The van der Waals surface area contributed by atoms with Gasteiger partial charge in [-0.1, -0.05) is 29.9 Å². The molecule has 1 aromatic carbocycles. The Kier molecular flexibility index (Phi) is 28.6. The minimum Gasteiger partial charge on any atom is -0.443 e. The minimum absolute atomic E-state index is 0.0578. The molecule has 0 aliphatic rings. The first-order valence-corrected chi connectivity index (χ1v) is 21.6. The lowest BCUT2D eigenvalue weighted by atomic mass is 9.82. The Morgan fingerprint density at radius 2 is 1.02 bits per heavy atom. The Labute approximate surface area is 341 Å². The zero-order valence-electron chi connectivity index (χ0n) is 32.7. The number of rotatable bonds is 34. The van der Waals surface area contributed by atoms with Crippen LogP contribution in [0.15, 0.2) is 24.3 Å². The largest absolute Gasteiger partial charge is 0.443 e. The van der Waals surface area contributed by atoms with Crippen LogP contribution in [0.5, 0.6) is 5.75 Å². The summed E-state index contributed by atoms with van der Waals surface area (Å²) in [5.41, 5.74) is -1.18. The van der Waals surface area contributed by atoms with Gasteiger partial charge in [-0.25, -0.2) is 0 Å². The highest BCUT2D eigenvalue weighted by atomic mass is 32.5. The standard InChI is InChI=1S/C39H57N4O12PS/c1-5-21-49-27-30-52-24-18-40-35(44)12-15-39(16-13-36(45)41-19-25-53-31-28-50-22-6-2,17-14-37(46)42-20-26-54-32-29-51-23-7-3)43-38(47)33-10-8-9-11-34(33)55-56(4,48)57/h1-3,8-11H,12-32H2,4H3,(H,40,44)(H,41,45)(H,42,46)(H,43,47)(H,48,57). The first-order valence-electron chi connectivity index (χ1n) is 18.4. The average Bonchev–Trinajstić information content (AvgIpc) is 3.18. The Hall–Kier alpha value is -4.05. The first kappa shape index (κ1) is 51.0. The lowest BCUT2D eigenvalue weighted by molar-refractivity contribution is -0.121. The summed E-state index contributed by atoms with van der Waals surface area (Å²) >= 11 is 5.07. The second-order valence-corrected chi connectivity index (χ2v) is 16.1. The van der Waals surface area contributed by atoms with Gasteiger partial charge in [-0.3, -0.25) is 19.2 Å². The van der Waals surface area contributed by atoms with E-state index in [1.165, 1.54) is 18.8 Å². The molecule has 18 heteroatoms. The Morgan fingerprint density at radius 3 is 1.39 bits per heavy atom. The van der Waals surface area contributed by atoms with Crippen molar-refractivity contribution in [3.8, 4) is 42.8 Å². The molecule has 0 saturated heterocycles. The van der Waals surface area contributed by atoms with Crippen molar-refractivity contribution in [3.05, 3.63) is 29.8 Å². The van der Waals surface area contributed by atoms with Gasteiger partial charge in [-0.2, -0.15) is 0 Å². The van der Waals surface area contributed by atoms with Gasteiger partial charge in [0.2, 0.25) is 24.2 Å². The van der Waals surface area contributed by atoms with Crippen LogP contribution in [0.2, 0.25) is 0 Å². The highest BCUT2D eigenvalue weighted by molar-refractivity contribution is 8.09. The zero-order valence-corrected chi connectivity index (χ0v) is 34.4. The summed E-state index contributed by atoms with van der Waals surface area (Å²) in [7, 11) is 0. The van der Waals surface area contributed by atoms with E-state index < -0.39 is 17.9 Å². The third-order valence-electron chi connectivity index (χ3n) is 7.65. The molecule has 5 N–H and O–H groups in total. The van der Waals surface area contributed by atoms with Gasteiger partial charge < -0.3 is 59.1 Å². The summed E-state index contributed by atoms with van der Waals surface area (Å²) in [4.78, 5) is 63.5. The molecule has 1 rings (SSSR count). The van der Waals surface area contributed by atoms with Gasteiger partial charge in [0.15, 0.2) is 0 Å². The molecule has 16 nitrogen and oxygen atoms in total. The highest BCUT2D eigenvalue weighted by Crippen LogP contribution is 2.40. The fraction of sp³-hybridized carbons (Fsp3) is 0.590. The Balaban J connectivity index is 3.15. The van der Waals surface area contributed by atoms with Gasteiger partial charge in [0.25, 0.3) is 5.91 Å². The maximum atomic E-state index is 14.0. The number of nitrogens with one attached hydrogen (secondary N) is 4. The van der Waals surface area contributed by atoms with Crippen LogP contribution in [0.3, 0.4) is 0 Å². The van der Waals surface area contributed by atoms with E-state index in [2.05, 4.69) is 39.0 Å². The third-order valence-corrected chi connectivity index (χ3v) is 8.41. The van der Waals surface area contributed by atoms with E-state index in [-0.39, 0.29) is 127 Å². The van der Waals surface area contributed by atoms with Crippen molar-refractivity contribution in [2.24, 2.45) is 0 Å². The van der Waals surface area contributed by atoms with Crippen molar-refractivity contribution in [1.82, 2.24) is 21.3 Å². The summed E-state index contributed by atoms with van der Waals surface area (Å²) in [5, 5.41) is 11.4. The van der Waals surface area contributed by atoms with Crippen molar-refractivity contribution in [3.63, 3.8) is 0 Å². The molecular formula is C39H57N4O12PS. The van der Waals surface area contributed by atoms with Crippen LogP contribution in [0.1, 0.15) is 48.9 Å². The number of carbonyl (C=O) groups is 4. The second-order valence-electron chi connectivity index (χ2n) is 12.3. The first-order chi connectivity index (χ1) is 27.4. The van der Waals surface area contributed by atoms with Gasteiger partial charge in [-0.15, -0.1) is 19.3 Å². The Bertz CT molecular complexity index is 1410. The van der Waals surface area contributed by atoms with E-state index in [1.54, 1.807) is 12.1 Å². The summed E-state index contributed by atoms with van der Waals surface area (Å²) in [5.74, 6) is 5.53. The number of terminal acetylenes is 3. The molecule has 0 radical (unpaired) electrons. The summed E-state index contributed by atoms with van der Waals surface area (Å²) in [6, 6.07) is 6.24. The number of para-hydroxylation sites is 1. The maximum absolute atomic E-state index is 14.0. The van der Waals surface area contributed by atoms with E-state index in [0.29, 0.717) is 39.6 Å². The number of amides is 4. The van der Waals surface area contributed by atoms with E-state index in [1.807, 2.05) is 0 Å². The smallest absolute Gasteiger partial charge is 0.255 e. The molecule has 1 aromatic rings. The van der Waals surface area contributed by atoms with E-state index in [4.69, 9.17) is 64.0 Å². The molecule has 0 heterocycles. The van der Waals surface area contributed by atoms with Crippen LogP contribution in [0, 0.1) is 37.0 Å². The zero-order chi connectivity index (χ0) is 42.0. The molecule has 0 aromatic heterocycles. The van der Waals surface area contributed by atoms with Gasteiger partial charge in [0.05, 0.1) is 65.0 Å². The molecule has 0 spiro atoms. The summed E-state index contributed by atoms with van der Waals surface area (Å²) in [6.45, 7) is 1.77. The molecular weight excluding hydrogens is 779 g/mol. The molecule has 0 aliphatic carbocycles. The van der Waals surface area contributed by atoms with Crippen LogP contribution in [-0.4, -0.2) is 140 Å². The molecule has 316 valence electrons. The van der Waals surface area contributed by atoms with Crippen LogP contribution >= 0.6 is 6.49 Å². The average molecular weight is 837 g/mol. The van der Waals surface area contributed by atoms with Crippen LogP contribution in [0.25, 0.3) is 0 Å². The SMILES string of the molecule is C#CCOCCOCCNC(=O)CCC(CCC(=O)NCCOCCOCC#C)(CCC(=O)NCCOCCOCC#C)NC(=O)c1ccccc1OP(C)(O)=S. The lowest BCUT2D eigenvalue weighted by Crippen LogP contribution is -2.50. The maximum Gasteiger partial charge on any atom is 0.255 e. The minimum atomic E-state index is -3.23. The number of hydrogen-bond donors (Lipinski definition) is 5. The quantitative estimate of drug-likeness (QED) is 0.0377. The summed E-state index contributed by atoms with van der Waals surface area (Å²) < 4.78 is 37.4. The molecule has 0 fully saturated rings. The van der Waals surface area contributed by atoms with E-state index in [9.17, 15) is 24.1 Å². The van der Waals surface area contributed by atoms with Crippen LogP contribution < -0.4 is 25.8 Å². The van der Waals surface area contributed by atoms with Gasteiger partial charge >= 0.3 is 0 Å². The van der Waals surface area contributed by atoms with Gasteiger partial charge in [0.1, 0.15) is 25.6 Å². The molecule has 57 heavy (non-hydrogen) atoms. The number of carbonyl (C=O) groups excluding carboxylic acids is 4. The van der Waals surface area contributed by atoms with Gasteiger partial charge in [-0.05, 0) is 43.2 Å². The molecule has 0 saturated carbocycles.